The van der Waals surface area contributed by atoms with Crippen LogP contribution in [0.25, 0.3) is 0 Å². The maximum atomic E-state index is 10.5. The molecule has 0 aliphatic rings. The summed E-state index contributed by atoms with van der Waals surface area (Å²) in [6, 6.07) is 0.980. The van der Waals surface area contributed by atoms with Crippen LogP contribution in [0.4, 0.5) is 0 Å². The average Bonchev–Trinajstić information content (AvgIpc) is 2.11. The Kier molecular flexibility index (Phi) is 3.52. The second-order valence-electron chi connectivity index (χ2n) is 1.54. The molecule has 0 aromatic carbocycles. The minimum absolute atomic E-state index is 0. The fraction of sp³-hybridized carbons (Fsp3) is 0. The van der Waals surface area contributed by atoms with Crippen molar-refractivity contribution in [1.82, 2.24) is 9.19 Å². The second-order valence-corrected chi connectivity index (χ2v) is 2.80. The maximum absolute atomic E-state index is 10.5. The molecule has 2 N–H and O–H groups in total. The topological polar surface area (TPSA) is 92.2 Å². The summed E-state index contributed by atoms with van der Waals surface area (Å²) in [5.74, 6) is 0. The van der Waals surface area contributed by atoms with Gasteiger partial charge in [0.25, 0.3) is 5.56 Å². The monoisotopic (exact) mass is 188 g/mol. The molecule has 0 aliphatic carbocycles. The zero-order valence-corrected chi connectivity index (χ0v) is 8.50. The first kappa shape index (κ1) is 10.9. The summed E-state index contributed by atoms with van der Waals surface area (Å²) in [7, 11) is -4.44. The Morgan fingerprint density at radius 1 is 1.64 bits per heavy atom. The number of nitrogens with one attached hydrogen (secondary N) is 1. The third kappa shape index (κ3) is 2.46. The predicted molar refractivity (Wildman–Crippen MR) is 33.1 cm³/mol. The fourth-order valence-electron chi connectivity index (χ4n) is 0.488. The largest absolute Gasteiger partial charge is 1.00 e. The molecular formula is C3H5N2NaO4S. The van der Waals surface area contributed by atoms with Gasteiger partial charge in [-0.05, 0) is 0 Å². The van der Waals surface area contributed by atoms with Gasteiger partial charge in [0, 0.05) is 12.3 Å². The van der Waals surface area contributed by atoms with Crippen LogP contribution < -0.4 is 35.1 Å². The molecule has 11 heavy (non-hydrogen) atoms. The van der Waals surface area contributed by atoms with Crippen molar-refractivity contribution in [3.05, 3.63) is 22.6 Å². The molecule has 0 bridgehead atoms. The summed E-state index contributed by atoms with van der Waals surface area (Å²) >= 11 is 0. The SMILES string of the molecule is O=c1cc[nH]n1S(=O)(=O)O.[H-].[Na+]. The summed E-state index contributed by atoms with van der Waals surface area (Å²) in [4.78, 5) is 10.5. The van der Waals surface area contributed by atoms with Crippen LogP contribution in [0.1, 0.15) is 1.43 Å². The van der Waals surface area contributed by atoms with E-state index >= 15 is 0 Å². The molecule has 58 valence electrons. The van der Waals surface area contributed by atoms with Crippen molar-refractivity contribution in [3.8, 4) is 0 Å². The predicted octanol–water partition coefficient (Wildman–Crippen LogP) is -4.06. The van der Waals surface area contributed by atoms with Crippen molar-refractivity contribution in [1.29, 1.82) is 0 Å². The summed E-state index contributed by atoms with van der Waals surface area (Å²) < 4.78 is 28.8. The zero-order chi connectivity index (χ0) is 7.78. The van der Waals surface area contributed by atoms with Gasteiger partial charge in [0.15, 0.2) is 0 Å². The molecule has 0 spiro atoms. The number of aromatic nitrogens is 2. The molecule has 0 saturated heterocycles. The zero-order valence-electron chi connectivity index (χ0n) is 6.68. The minimum atomic E-state index is -4.44. The fourth-order valence-corrected chi connectivity index (χ4v) is 0.970. The van der Waals surface area contributed by atoms with Gasteiger partial charge in [0.05, 0.1) is 0 Å². The third-order valence-electron chi connectivity index (χ3n) is 0.849. The van der Waals surface area contributed by atoms with Crippen LogP contribution in [0.15, 0.2) is 17.1 Å². The Hall–Kier alpha value is -0.0800. The Labute approximate surface area is 85.9 Å². The van der Waals surface area contributed by atoms with Crippen molar-refractivity contribution in [2.24, 2.45) is 0 Å². The van der Waals surface area contributed by atoms with Crippen LogP contribution in [0.2, 0.25) is 0 Å². The summed E-state index contributed by atoms with van der Waals surface area (Å²) in [5.41, 5.74) is -0.817. The number of hydrogen-bond acceptors (Lipinski definition) is 3. The third-order valence-corrected chi connectivity index (χ3v) is 1.60. The van der Waals surface area contributed by atoms with Crippen LogP contribution in [0, 0.1) is 0 Å². The molecule has 0 fully saturated rings. The van der Waals surface area contributed by atoms with E-state index in [9.17, 15) is 13.2 Å². The molecule has 1 heterocycles. The van der Waals surface area contributed by atoms with Gasteiger partial charge in [-0.2, -0.15) is 8.42 Å². The van der Waals surface area contributed by atoms with Crippen molar-refractivity contribution in [3.63, 3.8) is 0 Å². The van der Waals surface area contributed by atoms with E-state index in [0.717, 1.165) is 12.3 Å². The van der Waals surface area contributed by atoms with Gasteiger partial charge in [0.1, 0.15) is 0 Å². The van der Waals surface area contributed by atoms with E-state index < -0.39 is 15.9 Å². The van der Waals surface area contributed by atoms with Crippen LogP contribution in [-0.2, 0) is 10.3 Å². The normalized spacial score (nSPS) is 10.6. The summed E-state index contributed by atoms with van der Waals surface area (Å²) in [6.07, 6.45) is 1.11. The van der Waals surface area contributed by atoms with Gasteiger partial charge in [-0.1, -0.05) is 0 Å². The molecular weight excluding hydrogens is 183 g/mol. The first-order chi connectivity index (χ1) is 4.52. The van der Waals surface area contributed by atoms with Gasteiger partial charge in [-0.3, -0.25) is 14.4 Å². The molecule has 1 aromatic heterocycles. The molecule has 8 heteroatoms. The molecule has 0 unspecified atom stereocenters. The Bertz CT molecular complexity index is 381. The van der Waals surface area contributed by atoms with E-state index in [2.05, 4.69) is 0 Å². The van der Waals surface area contributed by atoms with E-state index in [0.29, 0.717) is 0 Å². The van der Waals surface area contributed by atoms with Crippen LogP contribution in [0.5, 0.6) is 0 Å². The van der Waals surface area contributed by atoms with Crippen molar-refractivity contribution in [2.75, 3.05) is 0 Å². The summed E-state index contributed by atoms with van der Waals surface area (Å²) in [5, 5.41) is 2.01. The van der Waals surface area contributed by atoms with Crippen LogP contribution in [-0.4, -0.2) is 22.2 Å². The molecule has 1 aromatic rings. The minimum Gasteiger partial charge on any atom is -1.00 e. The van der Waals surface area contributed by atoms with Gasteiger partial charge < -0.3 is 1.43 Å². The number of hydrogen-bond donors (Lipinski definition) is 2. The molecule has 0 saturated carbocycles. The quantitative estimate of drug-likeness (QED) is 0.346. The van der Waals surface area contributed by atoms with Gasteiger partial charge in [0.2, 0.25) is 0 Å². The van der Waals surface area contributed by atoms with E-state index in [-0.39, 0.29) is 35.1 Å². The molecule has 1 rings (SSSR count). The summed E-state index contributed by atoms with van der Waals surface area (Å²) in [6.45, 7) is 0. The maximum Gasteiger partial charge on any atom is 1.00 e. The van der Waals surface area contributed by atoms with Gasteiger partial charge >= 0.3 is 39.9 Å². The molecule has 0 radical (unpaired) electrons. The molecule has 0 amide bonds. The van der Waals surface area contributed by atoms with Gasteiger partial charge in [-0.15, -0.1) is 4.09 Å². The van der Waals surface area contributed by atoms with E-state index in [4.69, 9.17) is 4.55 Å². The molecule has 0 aliphatic heterocycles. The van der Waals surface area contributed by atoms with Crippen molar-refractivity contribution in [2.45, 2.75) is 0 Å². The Morgan fingerprint density at radius 3 is 2.36 bits per heavy atom. The average molecular weight is 188 g/mol. The standard InChI is InChI=1S/C3H4N2O4S.Na.H/c6-3-1-2-4-5(3)10(7,8)9;;/h1-2,4H,(H,7,8,9);;/q;+1;-1. The number of nitrogens with zero attached hydrogens (tertiary/aromatic N) is 1. The first-order valence-corrected chi connectivity index (χ1v) is 3.66. The van der Waals surface area contributed by atoms with E-state index in [1.807, 2.05) is 5.10 Å². The number of aromatic amines is 1. The number of H-pyrrole nitrogens is 1. The van der Waals surface area contributed by atoms with Crippen LogP contribution >= 0.6 is 0 Å². The van der Waals surface area contributed by atoms with Crippen LogP contribution in [0.3, 0.4) is 0 Å². The van der Waals surface area contributed by atoms with Gasteiger partial charge in [-0.25, -0.2) is 0 Å². The van der Waals surface area contributed by atoms with Crippen molar-refractivity contribution < 1.29 is 44.0 Å². The smallest absolute Gasteiger partial charge is 1.00 e. The van der Waals surface area contributed by atoms with Crippen molar-refractivity contribution >= 4 is 10.3 Å². The molecule has 0 atom stereocenters. The van der Waals surface area contributed by atoms with E-state index in [1.165, 1.54) is 0 Å². The Morgan fingerprint density at radius 2 is 2.18 bits per heavy atom. The second kappa shape index (κ2) is 3.55. The van der Waals surface area contributed by atoms with E-state index in [1.54, 1.807) is 0 Å². The first-order valence-electron chi connectivity index (χ1n) is 2.26. The Balaban J connectivity index is 0. The molecule has 6 nitrogen and oxygen atoms in total. The number of rotatable bonds is 1.